The van der Waals surface area contributed by atoms with Crippen molar-refractivity contribution in [2.45, 2.75) is 25.7 Å². The molecule has 1 aliphatic heterocycles. The molecule has 24 heavy (non-hydrogen) atoms. The smallest absolute Gasteiger partial charge is 0.232 e. The fraction of sp³-hybridized carbons (Fsp3) is 0.556. The molecular formula is C18H28N4O2. The topological polar surface area (TPSA) is 79.9 Å². The third kappa shape index (κ3) is 5.53. The summed E-state index contributed by atoms with van der Waals surface area (Å²) < 4.78 is 5.34. The summed E-state index contributed by atoms with van der Waals surface area (Å²) in [6.07, 6.45) is 2.15. The molecule has 0 bridgehead atoms. The number of nitrogens with two attached hydrogens (primary N) is 1. The van der Waals surface area contributed by atoms with Crippen molar-refractivity contribution in [3.63, 3.8) is 0 Å². The summed E-state index contributed by atoms with van der Waals surface area (Å²) in [5.41, 5.74) is 6.88. The van der Waals surface area contributed by atoms with Crippen molar-refractivity contribution in [2.75, 3.05) is 39.4 Å². The number of hydrogen-bond acceptors (Lipinski definition) is 3. The number of nitrogens with zero attached hydrogens (tertiary/aromatic N) is 2. The van der Waals surface area contributed by atoms with Crippen molar-refractivity contribution in [3.05, 3.63) is 35.9 Å². The van der Waals surface area contributed by atoms with Crippen LogP contribution in [0.25, 0.3) is 0 Å². The first kappa shape index (κ1) is 18.3. The predicted molar refractivity (Wildman–Crippen MR) is 96.0 cm³/mol. The Morgan fingerprint density at radius 1 is 1.33 bits per heavy atom. The zero-order valence-electron chi connectivity index (χ0n) is 14.4. The second kappa shape index (κ2) is 9.93. The van der Waals surface area contributed by atoms with Gasteiger partial charge in [0, 0.05) is 19.6 Å². The van der Waals surface area contributed by atoms with Gasteiger partial charge in [0.1, 0.15) is 0 Å². The lowest BCUT2D eigenvalue weighted by Gasteiger charge is -2.30. The standard InChI is InChI=1S/C18H28N4O2/c1-2-3-9-20-18(19)21-14-16(15-7-5-4-6-8-15)17(23)22-10-12-24-13-11-22/h4-8,16H,2-3,9-14H2,1H3,(H3,19,20,21). The molecule has 132 valence electrons. The largest absolute Gasteiger partial charge is 0.378 e. The highest BCUT2D eigenvalue weighted by Crippen LogP contribution is 2.20. The number of guanidine groups is 1. The summed E-state index contributed by atoms with van der Waals surface area (Å²) in [7, 11) is 0. The fourth-order valence-electron chi connectivity index (χ4n) is 2.65. The lowest BCUT2D eigenvalue weighted by molar-refractivity contribution is -0.136. The average Bonchev–Trinajstić information content (AvgIpc) is 2.63. The van der Waals surface area contributed by atoms with E-state index in [4.69, 9.17) is 10.5 Å². The van der Waals surface area contributed by atoms with Crippen LogP contribution in [0.1, 0.15) is 31.2 Å². The minimum atomic E-state index is -0.309. The number of nitrogens with one attached hydrogen (secondary N) is 1. The molecule has 1 heterocycles. The number of unbranched alkanes of at least 4 members (excludes halogenated alkanes) is 1. The van der Waals surface area contributed by atoms with E-state index < -0.39 is 0 Å². The van der Waals surface area contributed by atoms with Gasteiger partial charge in [-0.05, 0) is 12.0 Å². The second-order valence-electron chi connectivity index (χ2n) is 5.91. The molecule has 0 spiro atoms. The maximum atomic E-state index is 12.9. The number of morpholine rings is 1. The van der Waals surface area contributed by atoms with Crippen molar-refractivity contribution >= 4 is 11.9 Å². The van der Waals surface area contributed by atoms with E-state index in [0.717, 1.165) is 24.9 Å². The van der Waals surface area contributed by atoms with Gasteiger partial charge in [-0.3, -0.25) is 9.79 Å². The highest BCUT2D eigenvalue weighted by atomic mass is 16.5. The normalized spacial score (nSPS) is 16.7. The highest BCUT2D eigenvalue weighted by Gasteiger charge is 2.27. The van der Waals surface area contributed by atoms with Gasteiger partial charge >= 0.3 is 0 Å². The third-order valence-electron chi connectivity index (χ3n) is 4.10. The molecule has 1 atom stereocenters. The van der Waals surface area contributed by atoms with E-state index in [1.807, 2.05) is 35.2 Å². The maximum absolute atomic E-state index is 12.9. The minimum Gasteiger partial charge on any atom is -0.378 e. The Hall–Kier alpha value is -2.08. The molecule has 6 nitrogen and oxygen atoms in total. The van der Waals surface area contributed by atoms with Crippen molar-refractivity contribution in [1.29, 1.82) is 0 Å². The number of carbonyl (C=O) groups excluding carboxylic acids is 1. The molecule has 6 heteroatoms. The molecule has 0 aliphatic carbocycles. The van der Waals surface area contributed by atoms with Crippen molar-refractivity contribution in [3.8, 4) is 0 Å². The van der Waals surface area contributed by atoms with E-state index >= 15 is 0 Å². The van der Waals surface area contributed by atoms with E-state index in [1.54, 1.807) is 0 Å². The van der Waals surface area contributed by atoms with Gasteiger partial charge in [-0.1, -0.05) is 43.7 Å². The van der Waals surface area contributed by atoms with Gasteiger partial charge in [0.05, 0.1) is 25.7 Å². The molecule has 3 N–H and O–H groups in total. The zero-order chi connectivity index (χ0) is 17.2. The third-order valence-corrected chi connectivity index (χ3v) is 4.10. The Morgan fingerprint density at radius 2 is 2.04 bits per heavy atom. The Morgan fingerprint density at radius 3 is 2.71 bits per heavy atom. The number of carbonyl (C=O) groups is 1. The lowest BCUT2D eigenvalue weighted by atomic mass is 9.97. The maximum Gasteiger partial charge on any atom is 0.232 e. The van der Waals surface area contributed by atoms with Crippen LogP contribution < -0.4 is 11.1 Å². The number of benzene rings is 1. The highest BCUT2D eigenvalue weighted by molar-refractivity contribution is 5.85. The van der Waals surface area contributed by atoms with Gasteiger partial charge in [0.15, 0.2) is 5.96 Å². The summed E-state index contributed by atoms with van der Waals surface area (Å²) in [4.78, 5) is 19.2. The molecule has 1 amide bonds. The van der Waals surface area contributed by atoms with E-state index in [1.165, 1.54) is 0 Å². The first-order chi connectivity index (χ1) is 11.7. The number of ether oxygens (including phenoxy) is 1. The lowest BCUT2D eigenvalue weighted by Crippen LogP contribution is -2.44. The van der Waals surface area contributed by atoms with Crippen LogP contribution in [0.5, 0.6) is 0 Å². The summed E-state index contributed by atoms with van der Waals surface area (Å²) in [5.74, 6) is 0.185. The first-order valence-corrected chi connectivity index (χ1v) is 8.67. The average molecular weight is 332 g/mol. The number of aliphatic imine (C=N–C) groups is 1. The molecule has 1 aliphatic rings. The van der Waals surface area contributed by atoms with E-state index in [-0.39, 0.29) is 11.8 Å². The monoisotopic (exact) mass is 332 g/mol. The number of rotatable bonds is 7. The van der Waals surface area contributed by atoms with Crippen LogP contribution in [0.2, 0.25) is 0 Å². The molecule has 2 rings (SSSR count). The Balaban J connectivity index is 2.05. The van der Waals surface area contributed by atoms with Gasteiger partial charge in [0.25, 0.3) is 0 Å². The van der Waals surface area contributed by atoms with Crippen LogP contribution in [0.15, 0.2) is 35.3 Å². The van der Waals surface area contributed by atoms with Crippen molar-refractivity contribution < 1.29 is 9.53 Å². The number of amides is 1. The second-order valence-corrected chi connectivity index (χ2v) is 5.91. The Bertz CT molecular complexity index is 527. The Labute approximate surface area is 144 Å². The van der Waals surface area contributed by atoms with Crippen LogP contribution in [0.3, 0.4) is 0 Å². The number of hydrogen-bond donors (Lipinski definition) is 2. The van der Waals surface area contributed by atoms with Crippen LogP contribution >= 0.6 is 0 Å². The molecule has 1 aromatic carbocycles. The van der Waals surface area contributed by atoms with Crippen molar-refractivity contribution in [1.82, 2.24) is 10.2 Å². The van der Waals surface area contributed by atoms with E-state index in [0.29, 0.717) is 38.8 Å². The van der Waals surface area contributed by atoms with Gasteiger partial charge in [-0.15, -0.1) is 0 Å². The molecule has 1 saturated heterocycles. The predicted octanol–water partition coefficient (Wildman–Crippen LogP) is 1.33. The summed E-state index contributed by atoms with van der Waals surface area (Å²) >= 11 is 0. The molecule has 1 unspecified atom stereocenters. The Kier molecular flexibility index (Phi) is 7.55. The SMILES string of the molecule is CCCCNC(N)=NCC(C(=O)N1CCOCC1)c1ccccc1. The summed E-state index contributed by atoms with van der Waals surface area (Å²) in [5, 5.41) is 3.09. The van der Waals surface area contributed by atoms with Gasteiger partial charge < -0.3 is 20.7 Å². The van der Waals surface area contributed by atoms with Gasteiger partial charge in [0.2, 0.25) is 5.91 Å². The molecule has 1 fully saturated rings. The van der Waals surface area contributed by atoms with Crippen molar-refractivity contribution in [2.24, 2.45) is 10.7 Å². The minimum absolute atomic E-state index is 0.0922. The molecule has 0 saturated carbocycles. The molecule has 0 radical (unpaired) electrons. The van der Waals surface area contributed by atoms with Crippen LogP contribution in [-0.2, 0) is 9.53 Å². The van der Waals surface area contributed by atoms with Crippen LogP contribution in [0.4, 0.5) is 0 Å². The van der Waals surface area contributed by atoms with E-state index in [9.17, 15) is 4.79 Å². The summed E-state index contributed by atoms with van der Waals surface area (Å²) in [6, 6.07) is 9.78. The van der Waals surface area contributed by atoms with E-state index in [2.05, 4.69) is 17.2 Å². The first-order valence-electron chi connectivity index (χ1n) is 8.67. The molecule has 1 aromatic rings. The van der Waals surface area contributed by atoms with Crippen LogP contribution in [0, 0.1) is 0 Å². The van der Waals surface area contributed by atoms with Crippen LogP contribution in [-0.4, -0.2) is 56.2 Å². The molecular weight excluding hydrogens is 304 g/mol. The van der Waals surface area contributed by atoms with Gasteiger partial charge in [-0.2, -0.15) is 0 Å². The summed E-state index contributed by atoms with van der Waals surface area (Å²) in [6.45, 7) is 5.74. The fourth-order valence-corrected chi connectivity index (χ4v) is 2.65. The quantitative estimate of drug-likeness (QED) is 0.448. The molecule has 0 aromatic heterocycles. The van der Waals surface area contributed by atoms with Gasteiger partial charge in [-0.25, -0.2) is 0 Å². The zero-order valence-corrected chi connectivity index (χ0v) is 14.4.